The summed E-state index contributed by atoms with van der Waals surface area (Å²) in [7, 11) is 0. The summed E-state index contributed by atoms with van der Waals surface area (Å²) < 4.78 is 0. The lowest BCUT2D eigenvalue weighted by Gasteiger charge is -2.52. The number of aliphatic imine (C=N–C) groups is 1. The van der Waals surface area contributed by atoms with Crippen LogP contribution in [0.15, 0.2) is 15.2 Å². The summed E-state index contributed by atoms with van der Waals surface area (Å²) in [5.41, 5.74) is 0. The van der Waals surface area contributed by atoms with E-state index in [1.807, 2.05) is 11.8 Å². The molecule has 1 heterocycles. The van der Waals surface area contributed by atoms with Crippen molar-refractivity contribution in [3.8, 4) is 0 Å². The van der Waals surface area contributed by atoms with E-state index >= 15 is 0 Å². The minimum Gasteiger partial charge on any atom is -0.391 e. The fraction of sp³-hybridized carbons (Fsp3) is 0.952. The third-order valence-electron chi connectivity index (χ3n) is 8.00. The molecule has 4 fully saturated rings. The normalized spacial score (nSPS) is 48.6. The molecule has 0 amide bonds. The number of aliphatic hydroxyl groups is 1. The highest BCUT2D eigenvalue weighted by atomic mass is 32.2. The molecular formula is C21H33N3OS. The van der Waals surface area contributed by atoms with Gasteiger partial charge in [0.25, 0.3) is 0 Å². The first-order chi connectivity index (χ1) is 12.8. The van der Waals surface area contributed by atoms with Gasteiger partial charge in [-0.05, 0) is 62.2 Å². The van der Waals surface area contributed by atoms with Gasteiger partial charge in [0.05, 0.1) is 12.1 Å². The van der Waals surface area contributed by atoms with E-state index in [1.54, 1.807) is 0 Å². The Morgan fingerprint density at radius 2 is 1.38 bits per heavy atom. The van der Waals surface area contributed by atoms with Crippen LogP contribution in [0.1, 0.15) is 77.0 Å². The van der Waals surface area contributed by atoms with E-state index in [9.17, 15) is 5.11 Å². The molecule has 5 aliphatic rings. The van der Waals surface area contributed by atoms with Gasteiger partial charge in [0, 0.05) is 5.25 Å². The number of azo groups is 1. The zero-order valence-electron chi connectivity index (χ0n) is 15.8. The minimum atomic E-state index is -0.280. The van der Waals surface area contributed by atoms with Gasteiger partial charge in [-0.3, -0.25) is 4.99 Å². The smallest absolute Gasteiger partial charge is 0.204 e. The molecule has 8 unspecified atom stereocenters. The topological polar surface area (TPSA) is 57.3 Å². The van der Waals surface area contributed by atoms with Crippen molar-refractivity contribution in [2.45, 2.75) is 100 Å². The summed E-state index contributed by atoms with van der Waals surface area (Å²) in [6.45, 7) is 0. The first-order valence-electron chi connectivity index (χ1n) is 11.1. The molecule has 144 valence electrons. The molecule has 0 bridgehead atoms. The molecule has 1 N–H and O–H groups in total. The molecule has 26 heavy (non-hydrogen) atoms. The average Bonchev–Trinajstić information content (AvgIpc) is 3.11. The van der Waals surface area contributed by atoms with Crippen molar-refractivity contribution in [3.63, 3.8) is 0 Å². The quantitative estimate of drug-likeness (QED) is 0.640. The van der Waals surface area contributed by atoms with Crippen molar-refractivity contribution in [2.24, 2.45) is 38.9 Å². The standard InChI is InChI=1S/C21H33N3OS/c25-20-16-10-4-2-8-14(16)13-7-1-3-9-15(13)19(20)23-24-21-22-17-11-5-6-12-18(17)26-21/h13-20,25H,1-12H2. The van der Waals surface area contributed by atoms with Crippen LogP contribution in [0.25, 0.3) is 0 Å². The Balaban J connectivity index is 1.35. The van der Waals surface area contributed by atoms with Crippen molar-refractivity contribution >= 4 is 16.9 Å². The molecule has 4 aliphatic carbocycles. The van der Waals surface area contributed by atoms with Crippen LogP contribution in [0.5, 0.6) is 0 Å². The Morgan fingerprint density at radius 3 is 2.15 bits per heavy atom. The highest BCUT2D eigenvalue weighted by Gasteiger charge is 2.51. The third kappa shape index (κ3) is 3.17. The van der Waals surface area contributed by atoms with Crippen molar-refractivity contribution in [2.75, 3.05) is 0 Å². The molecule has 0 aromatic carbocycles. The summed E-state index contributed by atoms with van der Waals surface area (Å²) in [5, 5.41) is 22.1. The van der Waals surface area contributed by atoms with Gasteiger partial charge in [-0.25, -0.2) is 0 Å². The largest absolute Gasteiger partial charge is 0.391 e. The van der Waals surface area contributed by atoms with Gasteiger partial charge in [0.15, 0.2) is 0 Å². The summed E-state index contributed by atoms with van der Waals surface area (Å²) in [6, 6.07) is 0.495. The van der Waals surface area contributed by atoms with Gasteiger partial charge < -0.3 is 5.11 Å². The number of fused-ring (bicyclic) bond motifs is 4. The van der Waals surface area contributed by atoms with Crippen molar-refractivity contribution < 1.29 is 5.11 Å². The van der Waals surface area contributed by atoms with E-state index in [0.717, 1.165) is 17.0 Å². The SMILES string of the molecule is OC1C2CCCCC2C2CCCCC2C1N=NC1=NC2CCCCC2S1. The second-order valence-corrected chi connectivity index (χ2v) is 10.5. The number of aliphatic hydroxyl groups excluding tert-OH is 1. The number of thioether (sulfide) groups is 1. The average molecular weight is 376 g/mol. The maximum absolute atomic E-state index is 11.2. The van der Waals surface area contributed by atoms with Crippen LogP contribution in [0, 0.1) is 23.7 Å². The molecule has 4 saturated carbocycles. The second kappa shape index (κ2) is 7.54. The van der Waals surface area contributed by atoms with Crippen molar-refractivity contribution in [1.82, 2.24) is 0 Å². The lowest BCUT2D eigenvalue weighted by Crippen LogP contribution is -2.53. The van der Waals surface area contributed by atoms with Crippen molar-refractivity contribution in [1.29, 1.82) is 0 Å². The Labute approximate surface area is 161 Å². The Kier molecular flexibility index (Phi) is 5.12. The van der Waals surface area contributed by atoms with E-state index in [4.69, 9.17) is 10.1 Å². The van der Waals surface area contributed by atoms with E-state index in [0.29, 0.717) is 23.1 Å². The van der Waals surface area contributed by atoms with Gasteiger partial charge in [-0.15, -0.1) is 5.11 Å². The molecule has 1 aliphatic heterocycles. The van der Waals surface area contributed by atoms with Gasteiger partial charge in [0.1, 0.15) is 6.04 Å². The zero-order valence-corrected chi connectivity index (χ0v) is 16.6. The molecule has 0 spiro atoms. The monoisotopic (exact) mass is 375 g/mol. The Bertz CT molecular complexity index is 580. The minimum absolute atomic E-state index is 0.0191. The first kappa shape index (κ1) is 17.7. The van der Waals surface area contributed by atoms with Crippen LogP contribution in [-0.2, 0) is 0 Å². The van der Waals surface area contributed by atoms with Crippen LogP contribution < -0.4 is 0 Å². The fourth-order valence-electron chi connectivity index (χ4n) is 6.78. The highest BCUT2D eigenvalue weighted by Crippen LogP contribution is 2.52. The Hall–Kier alpha value is -0.420. The first-order valence-corrected chi connectivity index (χ1v) is 12.0. The zero-order chi connectivity index (χ0) is 17.5. The molecule has 5 heteroatoms. The van der Waals surface area contributed by atoms with Gasteiger partial charge in [-0.2, -0.15) is 5.11 Å². The molecule has 8 atom stereocenters. The summed E-state index contributed by atoms with van der Waals surface area (Å²) in [6.07, 6.45) is 15.3. The van der Waals surface area contributed by atoms with Crippen LogP contribution in [0.3, 0.4) is 0 Å². The van der Waals surface area contributed by atoms with Gasteiger partial charge >= 0.3 is 0 Å². The van der Waals surface area contributed by atoms with Gasteiger partial charge in [0.2, 0.25) is 5.17 Å². The second-order valence-electron chi connectivity index (χ2n) is 9.34. The number of amidine groups is 1. The fourth-order valence-corrected chi connectivity index (χ4v) is 7.98. The van der Waals surface area contributed by atoms with E-state index < -0.39 is 0 Å². The lowest BCUT2D eigenvalue weighted by molar-refractivity contribution is -0.0798. The van der Waals surface area contributed by atoms with Crippen LogP contribution >= 0.6 is 11.8 Å². The molecular weight excluding hydrogens is 342 g/mol. The van der Waals surface area contributed by atoms with Crippen LogP contribution in [-0.4, -0.2) is 33.7 Å². The molecule has 5 rings (SSSR count). The maximum Gasteiger partial charge on any atom is 0.204 e. The lowest BCUT2D eigenvalue weighted by atomic mass is 9.55. The summed E-state index contributed by atoms with van der Waals surface area (Å²) in [5.74, 6) is 2.54. The number of hydrogen-bond donors (Lipinski definition) is 1. The summed E-state index contributed by atoms with van der Waals surface area (Å²) in [4.78, 5) is 4.84. The van der Waals surface area contributed by atoms with Crippen molar-refractivity contribution in [3.05, 3.63) is 0 Å². The maximum atomic E-state index is 11.2. The molecule has 0 aromatic rings. The summed E-state index contributed by atoms with van der Waals surface area (Å²) >= 11 is 1.84. The molecule has 0 saturated heterocycles. The van der Waals surface area contributed by atoms with Crippen LogP contribution in [0.2, 0.25) is 0 Å². The predicted molar refractivity (Wildman–Crippen MR) is 107 cm³/mol. The van der Waals surface area contributed by atoms with E-state index in [-0.39, 0.29) is 12.1 Å². The third-order valence-corrected chi connectivity index (χ3v) is 9.25. The number of nitrogens with zero attached hydrogens (tertiary/aromatic N) is 3. The number of rotatable bonds is 1. The molecule has 0 aromatic heterocycles. The Morgan fingerprint density at radius 1 is 0.769 bits per heavy atom. The highest BCUT2D eigenvalue weighted by molar-refractivity contribution is 8.14. The van der Waals surface area contributed by atoms with Crippen LogP contribution in [0.4, 0.5) is 0 Å². The predicted octanol–water partition coefficient (Wildman–Crippen LogP) is 5.21. The van der Waals surface area contributed by atoms with E-state index in [1.165, 1.54) is 77.0 Å². The number of hydrogen-bond acceptors (Lipinski definition) is 5. The van der Waals surface area contributed by atoms with E-state index in [2.05, 4.69) is 5.11 Å². The molecule has 4 nitrogen and oxygen atoms in total. The van der Waals surface area contributed by atoms with Gasteiger partial charge in [-0.1, -0.05) is 50.3 Å². The molecule has 0 radical (unpaired) electrons.